The lowest BCUT2D eigenvalue weighted by atomic mass is 10.1. The highest BCUT2D eigenvalue weighted by Crippen LogP contribution is 2.06. The molecule has 2 N–H and O–H groups in total. The summed E-state index contributed by atoms with van der Waals surface area (Å²) in [6, 6.07) is -0.915. The Bertz CT molecular complexity index is 456. The van der Waals surface area contributed by atoms with Gasteiger partial charge in [0.05, 0.1) is 11.3 Å². The van der Waals surface area contributed by atoms with Crippen LogP contribution in [-0.4, -0.2) is 46.5 Å². The molecular weight excluding hydrogens is 250 g/mol. The van der Waals surface area contributed by atoms with Crippen molar-refractivity contribution in [2.24, 2.45) is 7.05 Å². The number of carbonyl (C=O) groups is 2. The monoisotopic (exact) mass is 269 g/mol. The molecule has 0 saturated carbocycles. The second-order valence-electron chi connectivity index (χ2n) is 4.30. The third-order valence-electron chi connectivity index (χ3n) is 2.70. The molecule has 0 aliphatic rings. The molecule has 1 aromatic rings. The summed E-state index contributed by atoms with van der Waals surface area (Å²) in [7, 11) is 3.25. The third kappa shape index (κ3) is 4.36. The molecule has 1 unspecified atom stereocenters. The smallest absolute Gasteiger partial charge is 0.326 e. The van der Waals surface area contributed by atoms with Crippen LogP contribution in [-0.2, 0) is 16.6 Å². The Morgan fingerprint density at radius 1 is 1.58 bits per heavy atom. The zero-order valence-corrected chi connectivity index (χ0v) is 11.3. The molecule has 7 nitrogen and oxygen atoms in total. The number of hydrogen-bond donors (Lipinski definition) is 2. The van der Waals surface area contributed by atoms with E-state index in [1.807, 2.05) is 0 Å². The summed E-state index contributed by atoms with van der Waals surface area (Å²) in [5, 5.41) is 15.6. The molecule has 0 fully saturated rings. The first-order chi connectivity index (χ1) is 8.95. The van der Waals surface area contributed by atoms with Crippen LogP contribution in [0.3, 0.4) is 0 Å². The Labute approximate surface area is 111 Å². The summed E-state index contributed by atoms with van der Waals surface area (Å²) in [4.78, 5) is 23.0. The molecule has 19 heavy (non-hydrogen) atoms. The van der Waals surface area contributed by atoms with Gasteiger partial charge in [-0.2, -0.15) is 5.10 Å². The summed E-state index contributed by atoms with van der Waals surface area (Å²) >= 11 is 0. The van der Waals surface area contributed by atoms with Crippen molar-refractivity contribution in [1.82, 2.24) is 15.1 Å². The average Bonchev–Trinajstić information content (AvgIpc) is 2.67. The highest BCUT2D eigenvalue weighted by Gasteiger charge is 2.22. The molecule has 0 spiro atoms. The van der Waals surface area contributed by atoms with E-state index in [4.69, 9.17) is 9.84 Å². The fourth-order valence-electron chi connectivity index (χ4n) is 1.75. The van der Waals surface area contributed by atoms with Crippen molar-refractivity contribution in [1.29, 1.82) is 0 Å². The van der Waals surface area contributed by atoms with Crippen molar-refractivity contribution in [3.8, 4) is 0 Å². The van der Waals surface area contributed by atoms with Gasteiger partial charge >= 0.3 is 5.97 Å². The summed E-state index contributed by atoms with van der Waals surface area (Å²) in [6.07, 6.45) is 2.47. The number of aryl methyl sites for hydroxylation is 2. The van der Waals surface area contributed by atoms with Crippen LogP contribution in [0, 0.1) is 6.92 Å². The minimum absolute atomic E-state index is 0.328. The van der Waals surface area contributed by atoms with Crippen molar-refractivity contribution in [2.45, 2.75) is 25.8 Å². The van der Waals surface area contributed by atoms with Crippen molar-refractivity contribution in [2.75, 3.05) is 13.7 Å². The van der Waals surface area contributed by atoms with E-state index in [2.05, 4.69) is 10.4 Å². The number of carboxylic acids is 1. The van der Waals surface area contributed by atoms with E-state index >= 15 is 0 Å². The van der Waals surface area contributed by atoms with Crippen LogP contribution in [0.15, 0.2) is 6.20 Å². The lowest BCUT2D eigenvalue weighted by Crippen LogP contribution is -2.41. The Morgan fingerprint density at radius 3 is 2.74 bits per heavy atom. The van der Waals surface area contributed by atoms with Crippen molar-refractivity contribution in [3.05, 3.63) is 17.5 Å². The van der Waals surface area contributed by atoms with Gasteiger partial charge in [0.25, 0.3) is 5.91 Å². The number of carboxylic acid groups (broad SMARTS) is 1. The molecule has 0 bridgehead atoms. The van der Waals surface area contributed by atoms with E-state index in [1.54, 1.807) is 27.3 Å². The Kier molecular flexibility index (Phi) is 5.50. The first-order valence-electron chi connectivity index (χ1n) is 5.98. The fourth-order valence-corrected chi connectivity index (χ4v) is 1.75. The van der Waals surface area contributed by atoms with Gasteiger partial charge in [-0.1, -0.05) is 0 Å². The molecule has 106 valence electrons. The quantitative estimate of drug-likeness (QED) is 0.696. The van der Waals surface area contributed by atoms with Gasteiger partial charge in [0.2, 0.25) is 0 Å². The molecule has 1 aromatic heterocycles. The molecule has 1 atom stereocenters. The van der Waals surface area contributed by atoms with Gasteiger partial charge < -0.3 is 15.2 Å². The lowest BCUT2D eigenvalue weighted by Gasteiger charge is -2.13. The first kappa shape index (κ1) is 15.2. The number of nitrogens with one attached hydrogen (secondary N) is 1. The van der Waals surface area contributed by atoms with E-state index in [9.17, 15) is 9.59 Å². The largest absolute Gasteiger partial charge is 0.480 e. The van der Waals surface area contributed by atoms with Crippen molar-refractivity contribution >= 4 is 11.9 Å². The molecule has 0 aliphatic carbocycles. The third-order valence-corrected chi connectivity index (χ3v) is 2.70. The number of nitrogens with zero attached hydrogens (tertiary/aromatic N) is 2. The highest BCUT2D eigenvalue weighted by atomic mass is 16.5. The summed E-state index contributed by atoms with van der Waals surface area (Å²) in [5.74, 6) is -1.47. The molecule has 0 saturated heterocycles. The van der Waals surface area contributed by atoms with E-state index in [1.165, 1.54) is 4.68 Å². The summed E-state index contributed by atoms with van der Waals surface area (Å²) in [6.45, 7) is 2.17. The SMILES string of the molecule is COCCCC(NC(=O)c1cn(C)nc1C)C(=O)O. The topological polar surface area (TPSA) is 93.5 Å². The van der Waals surface area contributed by atoms with E-state index in [-0.39, 0.29) is 0 Å². The molecule has 7 heteroatoms. The summed E-state index contributed by atoms with van der Waals surface area (Å²) < 4.78 is 6.38. The lowest BCUT2D eigenvalue weighted by molar-refractivity contribution is -0.139. The van der Waals surface area contributed by atoms with Crippen LogP contribution >= 0.6 is 0 Å². The molecule has 0 radical (unpaired) electrons. The second-order valence-corrected chi connectivity index (χ2v) is 4.30. The first-order valence-corrected chi connectivity index (χ1v) is 5.98. The van der Waals surface area contributed by atoms with Crippen LogP contribution in [0.25, 0.3) is 0 Å². The predicted octanol–water partition coefficient (Wildman–Crippen LogP) is 0.338. The van der Waals surface area contributed by atoms with Crippen LogP contribution < -0.4 is 5.32 Å². The normalized spacial score (nSPS) is 12.2. The van der Waals surface area contributed by atoms with E-state index in [0.29, 0.717) is 30.7 Å². The number of aromatic nitrogens is 2. The number of aliphatic carboxylic acids is 1. The van der Waals surface area contributed by atoms with E-state index < -0.39 is 17.9 Å². The Balaban J connectivity index is 2.66. The zero-order chi connectivity index (χ0) is 14.4. The Hall–Kier alpha value is -1.89. The molecular formula is C12H19N3O4. The molecule has 1 amide bonds. The van der Waals surface area contributed by atoms with Gasteiger partial charge in [-0.15, -0.1) is 0 Å². The van der Waals surface area contributed by atoms with Crippen LogP contribution in [0.5, 0.6) is 0 Å². The van der Waals surface area contributed by atoms with Gasteiger partial charge in [-0.3, -0.25) is 9.48 Å². The van der Waals surface area contributed by atoms with Gasteiger partial charge in [0.15, 0.2) is 0 Å². The number of rotatable bonds is 7. The number of methoxy groups -OCH3 is 1. The number of ether oxygens (including phenoxy) is 1. The summed E-state index contributed by atoms with van der Waals surface area (Å²) in [5.41, 5.74) is 0.960. The van der Waals surface area contributed by atoms with Gasteiger partial charge in [-0.25, -0.2) is 4.79 Å². The maximum atomic E-state index is 12.0. The maximum absolute atomic E-state index is 12.0. The molecule has 0 aromatic carbocycles. The molecule has 1 rings (SSSR count). The standard InChI is InChI=1S/C12H19N3O4/c1-8-9(7-15(2)14-8)11(16)13-10(12(17)18)5-4-6-19-3/h7,10H,4-6H2,1-3H3,(H,13,16)(H,17,18). The van der Waals surface area contributed by atoms with Gasteiger partial charge in [0.1, 0.15) is 6.04 Å². The van der Waals surface area contributed by atoms with Crippen molar-refractivity contribution < 1.29 is 19.4 Å². The number of hydrogen-bond acceptors (Lipinski definition) is 4. The van der Waals surface area contributed by atoms with Crippen LogP contribution in [0.4, 0.5) is 0 Å². The van der Waals surface area contributed by atoms with Crippen molar-refractivity contribution in [3.63, 3.8) is 0 Å². The zero-order valence-electron chi connectivity index (χ0n) is 11.3. The second kappa shape index (κ2) is 6.89. The van der Waals surface area contributed by atoms with Gasteiger partial charge in [0, 0.05) is 27.0 Å². The fraction of sp³-hybridized carbons (Fsp3) is 0.583. The maximum Gasteiger partial charge on any atom is 0.326 e. The highest BCUT2D eigenvalue weighted by molar-refractivity contribution is 5.97. The molecule has 1 heterocycles. The number of carbonyl (C=O) groups excluding carboxylic acids is 1. The van der Waals surface area contributed by atoms with Gasteiger partial charge in [-0.05, 0) is 19.8 Å². The minimum Gasteiger partial charge on any atom is -0.480 e. The molecule has 0 aliphatic heterocycles. The minimum atomic E-state index is -1.05. The van der Waals surface area contributed by atoms with Crippen LogP contribution in [0.2, 0.25) is 0 Å². The van der Waals surface area contributed by atoms with E-state index in [0.717, 1.165) is 0 Å². The average molecular weight is 269 g/mol. The number of amides is 1. The van der Waals surface area contributed by atoms with Crippen LogP contribution in [0.1, 0.15) is 28.9 Å². The predicted molar refractivity (Wildman–Crippen MR) is 67.9 cm³/mol. The Morgan fingerprint density at radius 2 is 2.26 bits per heavy atom.